The number of carboxylic acid groups (broad SMARTS) is 1. The van der Waals surface area contributed by atoms with Gasteiger partial charge in [0.05, 0.1) is 4.92 Å². The third kappa shape index (κ3) is 5.26. The predicted molar refractivity (Wildman–Crippen MR) is 100 cm³/mol. The molecule has 1 N–H and O–H groups in total. The van der Waals surface area contributed by atoms with Crippen molar-refractivity contribution in [2.24, 2.45) is 5.92 Å². The maximum Gasteiger partial charge on any atom is 0.328 e. The van der Waals surface area contributed by atoms with E-state index in [0.29, 0.717) is 32.6 Å². The monoisotopic (exact) mass is 380 g/mol. The lowest BCUT2D eigenvalue weighted by atomic mass is 10.0. The Hall–Kier alpha value is -2.48. The van der Waals surface area contributed by atoms with Crippen LogP contribution in [0.3, 0.4) is 0 Å². The van der Waals surface area contributed by atoms with E-state index >= 15 is 4.39 Å². The summed E-state index contributed by atoms with van der Waals surface area (Å²) in [6, 6.07) is 2.37. The van der Waals surface area contributed by atoms with Crippen LogP contribution in [0.4, 0.5) is 15.8 Å². The van der Waals surface area contributed by atoms with Crippen LogP contribution in [0.25, 0.3) is 5.57 Å². The van der Waals surface area contributed by atoms with Gasteiger partial charge in [0.1, 0.15) is 0 Å². The molecule has 1 saturated heterocycles. The summed E-state index contributed by atoms with van der Waals surface area (Å²) in [5.74, 6) is -1.73. The van der Waals surface area contributed by atoms with Crippen molar-refractivity contribution >= 4 is 22.9 Å². The van der Waals surface area contributed by atoms with Gasteiger partial charge in [-0.3, -0.25) is 10.1 Å². The van der Waals surface area contributed by atoms with Crippen molar-refractivity contribution in [3.05, 3.63) is 39.7 Å². The van der Waals surface area contributed by atoms with Crippen LogP contribution < -0.4 is 4.90 Å². The van der Waals surface area contributed by atoms with Crippen LogP contribution >= 0.6 is 0 Å². The second-order valence-corrected chi connectivity index (χ2v) is 7.14. The minimum absolute atomic E-state index is 0.0347. The SMILES string of the molecule is C/C(=C/C(=O)O)c1cc(F)c(N(CC(C)C)C2CCOCC2)c([N+](=O)[O-])c1. The Kier molecular flexibility index (Phi) is 6.90. The fourth-order valence-corrected chi connectivity index (χ4v) is 3.32. The largest absolute Gasteiger partial charge is 0.478 e. The van der Waals surface area contributed by atoms with Crippen LogP contribution in [0.5, 0.6) is 0 Å². The zero-order valence-corrected chi connectivity index (χ0v) is 15.8. The quantitative estimate of drug-likeness (QED) is 0.439. The summed E-state index contributed by atoms with van der Waals surface area (Å²) >= 11 is 0. The van der Waals surface area contributed by atoms with E-state index in [9.17, 15) is 14.9 Å². The zero-order valence-electron chi connectivity index (χ0n) is 15.8. The van der Waals surface area contributed by atoms with Crippen molar-refractivity contribution in [3.63, 3.8) is 0 Å². The highest BCUT2D eigenvalue weighted by Gasteiger charge is 2.31. The predicted octanol–water partition coefficient (Wildman–Crippen LogP) is 3.86. The summed E-state index contributed by atoms with van der Waals surface area (Å²) < 4.78 is 20.4. The second kappa shape index (κ2) is 8.94. The first-order valence-corrected chi connectivity index (χ1v) is 8.94. The van der Waals surface area contributed by atoms with Gasteiger partial charge in [-0.1, -0.05) is 13.8 Å². The van der Waals surface area contributed by atoms with E-state index < -0.39 is 16.7 Å². The Morgan fingerprint density at radius 3 is 2.59 bits per heavy atom. The highest BCUT2D eigenvalue weighted by atomic mass is 19.1. The van der Waals surface area contributed by atoms with Crippen molar-refractivity contribution in [1.82, 2.24) is 0 Å². The first-order chi connectivity index (χ1) is 12.7. The maximum absolute atomic E-state index is 15.1. The lowest BCUT2D eigenvalue weighted by Gasteiger charge is -2.37. The Morgan fingerprint density at radius 1 is 1.44 bits per heavy atom. The van der Waals surface area contributed by atoms with E-state index in [1.54, 1.807) is 4.90 Å². The first-order valence-electron chi connectivity index (χ1n) is 8.94. The Labute approximate surface area is 157 Å². The molecule has 0 amide bonds. The molecule has 1 heterocycles. The number of hydrogen-bond acceptors (Lipinski definition) is 5. The second-order valence-electron chi connectivity index (χ2n) is 7.14. The van der Waals surface area contributed by atoms with Gasteiger partial charge in [0.25, 0.3) is 5.69 Å². The average molecular weight is 380 g/mol. The van der Waals surface area contributed by atoms with Crippen LogP contribution in [0.2, 0.25) is 0 Å². The maximum atomic E-state index is 15.1. The Balaban J connectivity index is 2.57. The van der Waals surface area contributed by atoms with Crippen molar-refractivity contribution in [2.75, 3.05) is 24.7 Å². The van der Waals surface area contributed by atoms with Gasteiger partial charge in [0.15, 0.2) is 11.5 Å². The number of ether oxygens (including phenoxy) is 1. The number of rotatable bonds is 7. The van der Waals surface area contributed by atoms with Gasteiger partial charge in [-0.15, -0.1) is 0 Å². The molecule has 0 unspecified atom stereocenters. The van der Waals surface area contributed by atoms with Crippen molar-refractivity contribution in [2.45, 2.75) is 39.7 Å². The number of hydrogen-bond donors (Lipinski definition) is 1. The molecule has 0 bridgehead atoms. The topological polar surface area (TPSA) is 92.9 Å². The van der Waals surface area contributed by atoms with Gasteiger partial charge >= 0.3 is 5.97 Å². The molecule has 0 aromatic heterocycles. The fourth-order valence-electron chi connectivity index (χ4n) is 3.32. The van der Waals surface area contributed by atoms with E-state index in [1.165, 1.54) is 19.1 Å². The number of anilines is 1. The zero-order chi connectivity index (χ0) is 20.1. The Morgan fingerprint density at radius 2 is 2.07 bits per heavy atom. The smallest absolute Gasteiger partial charge is 0.328 e. The summed E-state index contributed by atoms with van der Waals surface area (Å²) in [6.45, 7) is 6.98. The van der Waals surface area contributed by atoms with Crippen LogP contribution in [0.1, 0.15) is 39.2 Å². The van der Waals surface area contributed by atoms with Crippen LogP contribution in [0.15, 0.2) is 18.2 Å². The third-order valence-electron chi connectivity index (χ3n) is 4.52. The molecule has 0 radical (unpaired) electrons. The van der Waals surface area contributed by atoms with E-state index in [4.69, 9.17) is 9.84 Å². The van der Waals surface area contributed by atoms with E-state index in [2.05, 4.69) is 0 Å². The molecule has 1 aliphatic rings. The van der Waals surface area contributed by atoms with Gasteiger partial charge in [0.2, 0.25) is 0 Å². The molecule has 27 heavy (non-hydrogen) atoms. The summed E-state index contributed by atoms with van der Waals surface area (Å²) in [6.07, 6.45) is 2.24. The number of nitrogens with zero attached hydrogens (tertiary/aromatic N) is 2. The average Bonchev–Trinajstić information content (AvgIpc) is 2.59. The fraction of sp³-hybridized carbons (Fsp3) is 0.526. The molecule has 7 nitrogen and oxygen atoms in total. The number of halogens is 1. The summed E-state index contributed by atoms with van der Waals surface area (Å²) in [5.41, 5.74) is 0.0436. The molecule has 1 aromatic carbocycles. The molecule has 0 spiro atoms. The van der Waals surface area contributed by atoms with Gasteiger partial charge in [-0.2, -0.15) is 0 Å². The summed E-state index contributed by atoms with van der Waals surface area (Å²) in [7, 11) is 0. The minimum atomic E-state index is -1.19. The van der Waals surface area contributed by atoms with Crippen molar-refractivity contribution < 1.29 is 24.0 Å². The number of benzene rings is 1. The molecule has 2 rings (SSSR count). The number of carbonyl (C=O) groups is 1. The van der Waals surface area contributed by atoms with Crippen LogP contribution in [-0.2, 0) is 9.53 Å². The number of allylic oxidation sites excluding steroid dienone is 1. The lowest BCUT2D eigenvalue weighted by Crippen LogP contribution is -2.42. The van der Waals surface area contributed by atoms with Crippen molar-refractivity contribution in [1.29, 1.82) is 0 Å². The van der Waals surface area contributed by atoms with Gasteiger partial charge in [0, 0.05) is 37.9 Å². The standard InChI is InChI=1S/C19H25FN2O5/c1-12(2)11-21(15-4-6-27-7-5-15)19-16(20)9-14(10-17(19)22(25)26)13(3)8-18(23)24/h8-10,12,15H,4-7,11H2,1-3H3,(H,23,24)/b13-8-. The minimum Gasteiger partial charge on any atom is -0.478 e. The van der Waals surface area contributed by atoms with Gasteiger partial charge in [-0.05, 0) is 42.9 Å². The van der Waals surface area contributed by atoms with Gasteiger partial charge < -0.3 is 14.7 Å². The molecule has 0 saturated carbocycles. The first kappa shape index (κ1) is 20.8. The van der Waals surface area contributed by atoms with Crippen LogP contribution in [-0.4, -0.2) is 41.8 Å². The molecule has 1 aromatic rings. The molecule has 1 aliphatic heterocycles. The summed E-state index contributed by atoms with van der Waals surface area (Å²) in [4.78, 5) is 23.7. The molecule has 8 heteroatoms. The number of nitro groups is 1. The molecule has 148 valence electrons. The lowest BCUT2D eigenvalue weighted by molar-refractivity contribution is -0.384. The van der Waals surface area contributed by atoms with E-state index in [0.717, 1.165) is 6.08 Å². The highest BCUT2D eigenvalue weighted by molar-refractivity contribution is 5.90. The number of aliphatic carboxylic acids is 1. The van der Waals surface area contributed by atoms with Crippen LogP contribution in [0, 0.1) is 21.8 Å². The normalized spacial score (nSPS) is 15.8. The number of carboxylic acids is 1. The van der Waals surface area contributed by atoms with E-state index in [-0.39, 0.29) is 34.5 Å². The highest BCUT2D eigenvalue weighted by Crippen LogP contribution is 2.37. The molecular formula is C19H25FN2O5. The van der Waals surface area contributed by atoms with E-state index in [1.807, 2.05) is 13.8 Å². The van der Waals surface area contributed by atoms with Crippen molar-refractivity contribution in [3.8, 4) is 0 Å². The molecule has 1 fully saturated rings. The molecular weight excluding hydrogens is 355 g/mol. The van der Waals surface area contributed by atoms with Gasteiger partial charge in [-0.25, -0.2) is 9.18 Å². The molecule has 0 atom stereocenters. The summed E-state index contributed by atoms with van der Waals surface area (Å²) in [5, 5.41) is 20.6. The number of nitro benzene ring substituents is 1. The molecule has 0 aliphatic carbocycles. The third-order valence-corrected chi connectivity index (χ3v) is 4.52. The Bertz CT molecular complexity index is 742.